The fraction of sp³-hybridized carbons (Fsp3) is 0.889. The first-order valence-electron chi connectivity index (χ1n) is 9.35. The number of carbonyl (C=O) groups is 2. The van der Waals surface area contributed by atoms with E-state index in [2.05, 4.69) is 6.92 Å². The van der Waals surface area contributed by atoms with Crippen LogP contribution in [0.4, 0.5) is 0 Å². The number of hydrogen-bond acceptors (Lipinski definition) is 3. The first-order chi connectivity index (χ1) is 11.5. The second-order valence-electron chi connectivity index (χ2n) is 6.72. The maximum atomic E-state index is 10.8. The minimum Gasteiger partial charge on any atom is -0.481 e. The van der Waals surface area contributed by atoms with Gasteiger partial charge < -0.3 is 19.8 Å². The summed E-state index contributed by atoms with van der Waals surface area (Å²) in [6.45, 7) is 5.10. The third kappa shape index (κ3) is 12.3. The first kappa shape index (κ1) is 22.9. The summed E-state index contributed by atoms with van der Waals surface area (Å²) < 4.78 is 0.644. The highest BCUT2D eigenvalue weighted by molar-refractivity contribution is 5.66. The minimum atomic E-state index is -0.804. The molecule has 0 aliphatic heterocycles. The van der Waals surface area contributed by atoms with E-state index in [9.17, 15) is 14.7 Å². The normalized spacial score (nSPS) is 11.6. The summed E-state index contributed by atoms with van der Waals surface area (Å²) in [6, 6.07) is 0. The van der Waals surface area contributed by atoms with Gasteiger partial charge in [-0.3, -0.25) is 9.59 Å². The van der Waals surface area contributed by atoms with Gasteiger partial charge in [-0.15, -0.1) is 0 Å². The van der Waals surface area contributed by atoms with Crippen molar-refractivity contribution < 1.29 is 29.4 Å². The summed E-state index contributed by atoms with van der Waals surface area (Å²) >= 11 is 0. The van der Waals surface area contributed by atoms with E-state index in [0.29, 0.717) is 37.0 Å². The van der Waals surface area contributed by atoms with Crippen molar-refractivity contribution in [3.05, 3.63) is 0 Å². The minimum absolute atomic E-state index is 0.0516. The van der Waals surface area contributed by atoms with E-state index in [1.807, 2.05) is 0 Å². The van der Waals surface area contributed by atoms with Crippen molar-refractivity contribution in [2.24, 2.45) is 0 Å². The molecule has 0 rings (SSSR count). The molecule has 0 aromatic carbocycles. The summed E-state index contributed by atoms with van der Waals surface area (Å²) in [4.78, 5) is 21.5. The van der Waals surface area contributed by atoms with Gasteiger partial charge >= 0.3 is 11.9 Å². The number of aliphatic hydroxyl groups is 1. The summed E-state index contributed by atoms with van der Waals surface area (Å²) in [6.07, 6.45) is 8.50. The van der Waals surface area contributed by atoms with Gasteiger partial charge in [-0.2, -0.15) is 0 Å². The number of hydrogen-bond donors (Lipinski definition) is 3. The van der Waals surface area contributed by atoms with Crippen molar-refractivity contribution in [1.29, 1.82) is 0 Å². The lowest BCUT2D eigenvalue weighted by atomic mass is 10.1. The highest BCUT2D eigenvalue weighted by Gasteiger charge is 2.26. The molecule has 0 unspecified atom stereocenters. The second kappa shape index (κ2) is 14.2. The van der Waals surface area contributed by atoms with E-state index in [1.165, 1.54) is 25.7 Å². The molecular weight excluding hydrogens is 310 g/mol. The Kier molecular flexibility index (Phi) is 13.5. The van der Waals surface area contributed by atoms with Crippen molar-refractivity contribution >= 4 is 11.9 Å². The van der Waals surface area contributed by atoms with Gasteiger partial charge in [0.25, 0.3) is 0 Å². The van der Waals surface area contributed by atoms with E-state index in [1.54, 1.807) is 0 Å². The van der Waals surface area contributed by atoms with E-state index in [4.69, 9.17) is 10.2 Å². The van der Waals surface area contributed by atoms with E-state index in [-0.39, 0.29) is 19.4 Å². The van der Waals surface area contributed by atoms with Gasteiger partial charge in [0.05, 0.1) is 39.1 Å². The van der Waals surface area contributed by atoms with Crippen LogP contribution in [0.1, 0.15) is 71.1 Å². The van der Waals surface area contributed by atoms with Gasteiger partial charge in [0.1, 0.15) is 6.54 Å². The summed E-state index contributed by atoms with van der Waals surface area (Å²) in [7, 11) is 0. The van der Waals surface area contributed by atoms with Gasteiger partial charge in [-0.25, -0.2) is 0 Å². The Bertz CT molecular complexity index is 326. The molecule has 0 aromatic rings. The van der Waals surface area contributed by atoms with Crippen LogP contribution < -0.4 is 0 Å². The quantitative estimate of drug-likeness (QED) is 0.278. The highest BCUT2D eigenvalue weighted by Crippen LogP contribution is 2.16. The SMILES string of the molecule is CCCCCCCC[N+](CCO)(CCCC(=O)O)CCCC(=O)O. The predicted octanol–water partition coefficient (Wildman–Crippen LogP) is 2.89. The molecule has 6 nitrogen and oxygen atoms in total. The zero-order valence-electron chi connectivity index (χ0n) is 15.2. The Hall–Kier alpha value is -1.14. The number of nitrogens with zero attached hydrogens (tertiary/aromatic N) is 1. The molecule has 142 valence electrons. The Morgan fingerprint density at radius 2 is 1.17 bits per heavy atom. The Morgan fingerprint density at radius 3 is 1.62 bits per heavy atom. The first-order valence-corrected chi connectivity index (χ1v) is 9.35. The fourth-order valence-electron chi connectivity index (χ4n) is 3.24. The second-order valence-corrected chi connectivity index (χ2v) is 6.72. The van der Waals surface area contributed by atoms with Gasteiger partial charge in [0.15, 0.2) is 0 Å². The zero-order chi connectivity index (χ0) is 18.3. The van der Waals surface area contributed by atoms with Gasteiger partial charge in [-0.05, 0) is 12.8 Å². The molecule has 0 amide bonds. The van der Waals surface area contributed by atoms with Gasteiger partial charge in [0.2, 0.25) is 0 Å². The smallest absolute Gasteiger partial charge is 0.303 e. The maximum Gasteiger partial charge on any atom is 0.303 e. The van der Waals surface area contributed by atoms with Crippen molar-refractivity contribution in [3.8, 4) is 0 Å². The van der Waals surface area contributed by atoms with Gasteiger partial charge in [0, 0.05) is 12.8 Å². The van der Waals surface area contributed by atoms with E-state index >= 15 is 0 Å². The molecule has 24 heavy (non-hydrogen) atoms. The standard InChI is InChI=1S/C18H35NO5/c1-2-3-4-5-6-7-12-19(15-16-20,13-8-10-17(21)22)14-9-11-18(23)24/h20H,2-16H2,1H3,(H-,21,22,23,24)/p+1. The number of rotatable bonds is 17. The van der Waals surface area contributed by atoms with E-state index < -0.39 is 11.9 Å². The largest absolute Gasteiger partial charge is 0.481 e. The predicted molar refractivity (Wildman–Crippen MR) is 93.9 cm³/mol. The molecule has 0 fully saturated rings. The third-order valence-corrected chi connectivity index (χ3v) is 4.61. The van der Waals surface area contributed by atoms with Gasteiger partial charge in [-0.1, -0.05) is 32.6 Å². The molecule has 0 aliphatic rings. The van der Waals surface area contributed by atoms with Crippen LogP contribution in [0.15, 0.2) is 0 Å². The molecule has 0 atom stereocenters. The molecule has 6 heteroatoms. The van der Waals surface area contributed by atoms with Crippen molar-refractivity contribution in [3.63, 3.8) is 0 Å². The average Bonchev–Trinajstić information content (AvgIpc) is 2.50. The lowest BCUT2D eigenvalue weighted by molar-refractivity contribution is -0.929. The summed E-state index contributed by atoms with van der Waals surface area (Å²) in [5, 5.41) is 27.1. The third-order valence-electron chi connectivity index (χ3n) is 4.61. The van der Waals surface area contributed by atoms with Crippen LogP contribution in [0, 0.1) is 0 Å². The number of aliphatic carboxylic acids is 2. The highest BCUT2D eigenvalue weighted by atomic mass is 16.4. The van der Waals surface area contributed by atoms with Crippen LogP contribution in [-0.4, -0.2) is 64.5 Å². The number of quaternary nitrogens is 1. The number of carboxylic acid groups (broad SMARTS) is 2. The monoisotopic (exact) mass is 346 g/mol. The fourth-order valence-corrected chi connectivity index (χ4v) is 3.24. The van der Waals surface area contributed by atoms with Crippen LogP contribution in [0.5, 0.6) is 0 Å². The molecule has 0 radical (unpaired) electrons. The topological polar surface area (TPSA) is 94.8 Å². The van der Waals surface area contributed by atoms with Crippen LogP contribution >= 0.6 is 0 Å². The molecule has 0 saturated heterocycles. The molecule has 0 aromatic heterocycles. The van der Waals surface area contributed by atoms with E-state index in [0.717, 1.165) is 19.4 Å². The summed E-state index contributed by atoms with van der Waals surface area (Å²) in [5.41, 5.74) is 0. The lowest BCUT2D eigenvalue weighted by Crippen LogP contribution is -2.52. The Balaban J connectivity index is 4.52. The van der Waals surface area contributed by atoms with Crippen molar-refractivity contribution in [1.82, 2.24) is 0 Å². The zero-order valence-corrected chi connectivity index (χ0v) is 15.2. The molecule has 0 saturated carbocycles. The Morgan fingerprint density at radius 1 is 0.708 bits per heavy atom. The molecule has 0 spiro atoms. The average molecular weight is 346 g/mol. The molecule has 0 heterocycles. The Labute approximate surface area is 146 Å². The van der Waals surface area contributed by atoms with Crippen molar-refractivity contribution in [2.45, 2.75) is 71.1 Å². The van der Waals surface area contributed by atoms with Crippen LogP contribution in [0.25, 0.3) is 0 Å². The summed E-state index contributed by atoms with van der Waals surface area (Å²) in [5.74, 6) is -1.61. The van der Waals surface area contributed by atoms with Crippen LogP contribution in [0.2, 0.25) is 0 Å². The molecule has 0 bridgehead atoms. The maximum absolute atomic E-state index is 10.8. The molecule has 0 aliphatic carbocycles. The number of unbranched alkanes of at least 4 members (excludes halogenated alkanes) is 5. The molecule has 3 N–H and O–H groups in total. The van der Waals surface area contributed by atoms with Crippen molar-refractivity contribution in [2.75, 3.05) is 32.8 Å². The lowest BCUT2D eigenvalue weighted by Gasteiger charge is -2.38. The number of carboxylic acids is 2. The molecular formula is C18H36NO5+. The number of aliphatic hydroxyl groups excluding tert-OH is 1. The van der Waals surface area contributed by atoms with Crippen LogP contribution in [0.3, 0.4) is 0 Å². The van der Waals surface area contributed by atoms with Crippen LogP contribution in [-0.2, 0) is 9.59 Å².